The van der Waals surface area contributed by atoms with Crippen LogP contribution in [-0.2, 0) is 4.79 Å². The molecular weight excluding hydrogens is 226 g/mol. The molecule has 0 bridgehead atoms. The maximum atomic E-state index is 12.4. The van der Waals surface area contributed by atoms with Gasteiger partial charge < -0.3 is 4.90 Å². The highest BCUT2D eigenvalue weighted by atomic mass is 16.2. The smallest absolute Gasteiger partial charge is 0.241 e. The van der Waals surface area contributed by atoms with E-state index in [0.717, 1.165) is 19.5 Å². The average Bonchev–Trinajstić information content (AvgIpc) is 3.03. The number of carbonyl (C=O) groups excluding carboxylic acids is 1. The van der Waals surface area contributed by atoms with Crippen molar-refractivity contribution < 1.29 is 4.79 Å². The molecule has 3 fully saturated rings. The fraction of sp³-hybridized carbons (Fsp3) is 0.929. The maximum Gasteiger partial charge on any atom is 0.241 e. The Bertz CT molecular complexity index is 320. The van der Waals surface area contributed by atoms with Crippen molar-refractivity contribution in [2.45, 2.75) is 63.6 Å². The third kappa shape index (κ3) is 2.05. The molecule has 0 aromatic carbocycles. The summed E-state index contributed by atoms with van der Waals surface area (Å²) in [6.45, 7) is 5.40. The van der Waals surface area contributed by atoms with Gasteiger partial charge in [-0.05, 0) is 32.2 Å². The first-order valence-electron chi connectivity index (χ1n) is 7.59. The summed E-state index contributed by atoms with van der Waals surface area (Å²) in [6, 6.07) is 1.24. The summed E-state index contributed by atoms with van der Waals surface area (Å²) in [5, 5.41) is 3.41. The number of unbranched alkanes of at least 4 members (excludes halogenated alkanes) is 1. The highest BCUT2D eigenvalue weighted by Gasteiger charge is 2.44. The predicted octanol–water partition coefficient (Wildman–Crippen LogP) is 1.17. The molecule has 102 valence electrons. The molecule has 3 rings (SSSR count). The van der Waals surface area contributed by atoms with E-state index in [1.165, 1.54) is 38.8 Å². The Morgan fingerprint density at radius 1 is 1.28 bits per heavy atom. The number of amides is 1. The third-order valence-corrected chi connectivity index (χ3v) is 4.91. The van der Waals surface area contributed by atoms with Crippen LogP contribution in [0.15, 0.2) is 0 Å². The summed E-state index contributed by atoms with van der Waals surface area (Å²) in [6.07, 6.45) is 7.11. The lowest BCUT2D eigenvalue weighted by Crippen LogP contribution is -2.44. The second-order valence-electron chi connectivity index (χ2n) is 5.97. The first kappa shape index (κ1) is 12.4. The second-order valence-corrected chi connectivity index (χ2v) is 5.97. The van der Waals surface area contributed by atoms with Gasteiger partial charge in [-0.3, -0.25) is 15.0 Å². The van der Waals surface area contributed by atoms with Gasteiger partial charge in [0.05, 0.1) is 12.7 Å². The van der Waals surface area contributed by atoms with E-state index in [1.54, 1.807) is 0 Å². The molecule has 0 spiro atoms. The molecule has 0 saturated carbocycles. The molecule has 3 heterocycles. The summed E-state index contributed by atoms with van der Waals surface area (Å²) in [7, 11) is 0. The van der Waals surface area contributed by atoms with E-state index in [-0.39, 0.29) is 6.04 Å². The van der Waals surface area contributed by atoms with E-state index >= 15 is 0 Å². The maximum absolute atomic E-state index is 12.4. The molecule has 3 saturated heterocycles. The van der Waals surface area contributed by atoms with Crippen LogP contribution < -0.4 is 5.32 Å². The van der Waals surface area contributed by atoms with Crippen molar-refractivity contribution in [3.05, 3.63) is 0 Å². The van der Waals surface area contributed by atoms with E-state index in [4.69, 9.17) is 0 Å². The lowest BCUT2D eigenvalue weighted by molar-refractivity contribution is -0.131. The van der Waals surface area contributed by atoms with Crippen LogP contribution in [0.4, 0.5) is 0 Å². The monoisotopic (exact) mass is 251 g/mol. The first-order chi connectivity index (χ1) is 8.81. The van der Waals surface area contributed by atoms with Crippen molar-refractivity contribution in [1.29, 1.82) is 0 Å². The summed E-state index contributed by atoms with van der Waals surface area (Å²) in [5.74, 6) is 0.363. The van der Waals surface area contributed by atoms with Gasteiger partial charge in [0.25, 0.3) is 0 Å². The predicted molar refractivity (Wildman–Crippen MR) is 71.2 cm³/mol. The first-order valence-corrected chi connectivity index (χ1v) is 7.59. The highest BCUT2D eigenvalue weighted by molar-refractivity contribution is 5.84. The number of nitrogens with zero attached hydrogens (tertiary/aromatic N) is 2. The quantitative estimate of drug-likeness (QED) is 0.815. The van der Waals surface area contributed by atoms with E-state index in [0.29, 0.717) is 18.0 Å². The van der Waals surface area contributed by atoms with Crippen LogP contribution in [0.2, 0.25) is 0 Å². The highest BCUT2D eigenvalue weighted by Crippen LogP contribution is 2.32. The Balaban J connectivity index is 1.62. The van der Waals surface area contributed by atoms with E-state index in [2.05, 4.69) is 22.0 Å². The zero-order valence-corrected chi connectivity index (χ0v) is 11.4. The van der Waals surface area contributed by atoms with Gasteiger partial charge in [-0.25, -0.2) is 0 Å². The fourth-order valence-electron chi connectivity index (χ4n) is 3.91. The van der Waals surface area contributed by atoms with Crippen LogP contribution >= 0.6 is 0 Å². The van der Waals surface area contributed by atoms with Gasteiger partial charge in [0, 0.05) is 18.6 Å². The van der Waals surface area contributed by atoms with E-state index < -0.39 is 0 Å². The van der Waals surface area contributed by atoms with Crippen LogP contribution in [0.3, 0.4) is 0 Å². The normalized spacial score (nSPS) is 36.6. The van der Waals surface area contributed by atoms with Crippen molar-refractivity contribution in [2.75, 3.05) is 19.8 Å². The lowest BCUT2D eigenvalue weighted by Gasteiger charge is -2.28. The Morgan fingerprint density at radius 2 is 2.17 bits per heavy atom. The minimum Gasteiger partial charge on any atom is -0.324 e. The fourth-order valence-corrected chi connectivity index (χ4v) is 3.91. The molecule has 1 N–H and O–H groups in total. The van der Waals surface area contributed by atoms with Gasteiger partial charge in [-0.15, -0.1) is 0 Å². The number of rotatable bonds is 4. The SMILES string of the molecule is CCCCC1NCN(C2CCN3CCCC23)C1=O. The van der Waals surface area contributed by atoms with Crippen molar-refractivity contribution in [2.24, 2.45) is 0 Å². The number of nitrogens with one attached hydrogen (secondary N) is 1. The Hall–Kier alpha value is -0.610. The largest absolute Gasteiger partial charge is 0.324 e. The van der Waals surface area contributed by atoms with Crippen molar-refractivity contribution in [3.63, 3.8) is 0 Å². The van der Waals surface area contributed by atoms with E-state index in [1.807, 2.05) is 0 Å². The second kappa shape index (κ2) is 5.17. The van der Waals surface area contributed by atoms with Gasteiger partial charge in [-0.1, -0.05) is 19.8 Å². The van der Waals surface area contributed by atoms with Crippen molar-refractivity contribution in [3.8, 4) is 0 Å². The van der Waals surface area contributed by atoms with Crippen LogP contribution in [0.25, 0.3) is 0 Å². The molecule has 3 atom stereocenters. The Morgan fingerprint density at radius 3 is 3.00 bits per heavy atom. The minimum atomic E-state index is 0.0976. The number of hydrogen-bond acceptors (Lipinski definition) is 3. The number of hydrogen-bond donors (Lipinski definition) is 1. The summed E-state index contributed by atoms with van der Waals surface area (Å²) < 4.78 is 0. The molecule has 0 aromatic rings. The van der Waals surface area contributed by atoms with Crippen molar-refractivity contribution >= 4 is 5.91 Å². The van der Waals surface area contributed by atoms with Crippen LogP contribution in [0.1, 0.15) is 45.4 Å². The van der Waals surface area contributed by atoms with E-state index in [9.17, 15) is 4.79 Å². The van der Waals surface area contributed by atoms with Crippen LogP contribution in [0.5, 0.6) is 0 Å². The molecule has 1 amide bonds. The summed E-state index contributed by atoms with van der Waals surface area (Å²) in [4.78, 5) is 17.1. The number of carbonyl (C=O) groups is 1. The van der Waals surface area contributed by atoms with Crippen LogP contribution in [0, 0.1) is 0 Å². The van der Waals surface area contributed by atoms with Gasteiger partial charge in [0.1, 0.15) is 0 Å². The minimum absolute atomic E-state index is 0.0976. The standard InChI is InChI=1S/C14H25N3O/c1-2-3-5-11-14(18)17(10-15-11)13-7-9-16-8-4-6-12(13)16/h11-13,15H,2-10H2,1H3. The lowest BCUT2D eigenvalue weighted by atomic mass is 10.0. The molecule has 3 unspecified atom stereocenters. The van der Waals surface area contributed by atoms with Gasteiger partial charge in [-0.2, -0.15) is 0 Å². The van der Waals surface area contributed by atoms with Crippen molar-refractivity contribution in [1.82, 2.24) is 15.1 Å². The Kier molecular flexibility index (Phi) is 3.57. The average molecular weight is 251 g/mol. The van der Waals surface area contributed by atoms with Gasteiger partial charge >= 0.3 is 0 Å². The summed E-state index contributed by atoms with van der Waals surface area (Å²) >= 11 is 0. The molecule has 3 aliphatic rings. The zero-order valence-electron chi connectivity index (χ0n) is 11.4. The number of fused-ring (bicyclic) bond motifs is 1. The third-order valence-electron chi connectivity index (χ3n) is 4.91. The van der Waals surface area contributed by atoms with Gasteiger partial charge in [0.15, 0.2) is 0 Å². The molecule has 0 aliphatic carbocycles. The molecule has 4 heteroatoms. The molecular formula is C14H25N3O. The Labute approximate surface area is 110 Å². The zero-order chi connectivity index (χ0) is 12.5. The molecule has 0 radical (unpaired) electrons. The van der Waals surface area contributed by atoms with Gasteiger partial charge in [0.2, 0.25) is 5.91 Å². The topological polar surface area (TPSA) is 35.6 Å². The molecule has 3 aliphatic heterocycles. The molecule has 0 aromatic heterocycles. The van der Waals surface area contributed by atoms with Crippen LogP contribution in [-0.4, -0.2) is 53.6 Å². The molecule has 18 heavy (non-hydrogen) atoms. The summed E-state index contributed by atoms with van der Waals surface area (Å²) in [5.41, 5.74) is 0. The molecule has 4 nitrogen and oxygen atoms in total.